The van der Waals surface area contributed by atoms with E-state index in [1.165, 1.54) is 0 Å². The summed E-state index contributed by atoms with van der Waals surface area (Å²) < 4.78 is 0. The smallest absolute Gasteiger partial charge is 0.254 e. The molecule has 118 valence electrons. The molecule has 0 spiro atoms. The van der Waals surface area contributed by atoms with E-state index in [-0.39, 0.29) is 11.8 Å². The molecule has 0 unspecified atom stereocenters. The molecule has 4 heteroatoms. The van der Waals surface area contributed by atoms with Crippen LogP contribution >= 0.6 is 0 Å². The van der Waals surface area contributed by atoms with Crippen molar-refractivity contribution in [2.24, 2.45) is 0 Å². The molecule has 0 aromatic heterocycles. The topological polar surface area (TPSA) is 40.6 Å². The molecule has 1 aromatic carbocycles. The zero-order valence-corrected chi connectivity index (χ0v) is 13.5. The lowest BCUT2D eigenvalue weighted by molar-refractivity contribution is -0.119. The number of hydrogen-bond acceptors (Lipinski definition) is 2. The number of carbonyl (C=O) groups excluding carboxylic acids is 2. The minimum absolute atomic E-state index is 0.00187. The van der Waals surface area contributed by atoms with E-state index in [1.807, 2.05) is 30.9 Å². The molecular formula is C18H24N2O2. The zero-order chi connectivity index (χ0) is 16.1. The van der Waals surface area contributed by atoms with Crippen LogP contribution in [0.3, 0.4) is 0 Å². The molecule has 0 N–H and O–H groups in total. The largest absolute Gasteiger partial charge is 0.335 e. The summed E-state index contributed by atoms with van der Waals surface area (Å²) in [4.78, 5) is 28.0. The Balaban J connectivity index is 2.12. The van der Waals surface area contributed by atoms with Crippen molar-refractivity contribution >= 4 is 17.5 Å². The van der Waals surface area contributed by atoms with Crippen molar-refractivity contribution in [1.29, 1.82) is 0 Å². The fourth-order valence-corrected chi connectivity index (χ4v) is 2.70. The van der Waals surface area contributed by atoms with Crippen LogP contribution in [0.1, 0.15) is 43.5 Å². The fourth-order valence-electron chi connectivity index (χ4n) is 2.70. The maximum Gasteiger partial charge on any atom is 0.254 e. The van der Waals surface area contributed by atoms with Crippen LogP contribution in [0.4, 0.5) is 5.69 Å². The van der Waals surface area contributed by atoms with E-state index in [2.05, 4.69) is 6.58 Å². The van der Waals surface area contributed by atoms with Crippen molar-refractivity contribution in [3.8, 4) is 0 Å². The molecule has 1 aliphatic rings. The van der Waals surface area contributed by atoms with E-state index >= 15 is 0 Å². The Labute approximate surface area is 132 Å². The predicted octanol–water partition coefficient (Wildman–Crippen LogP) is 3.24. The van der Waals surface area contributed by atoms with Gasteiger partial charge < -0.3 is 9.80 Å². The number of likely N-dealkylation sites (N-methyl/N-ethyl adjacent to an activating group) is 1. The third-order valence-corrected chi connectivity index (χ3v) is 3.88. The van der Waals surface area contributed by atoms with Crippen molar-refractivity contribution < 1.29 is 9.59 Å². The molecule has 4 nitrogen and oxygen atoms in total. The molecule has 0 aliphatic carbocycles. The number of rotatable bonds is 5. The maximum absolute atomic E-state index is 12.5. The Kier molecular flexibility index (Phi) is 5.36. The standard InChI is InChI=1S/C18H24N2O2/c1-4-19(13-14(2)3)18(22)15-8-10-16(11-9-15)20-12-6-5-7-17(20)21/h8-11H,2,4-7,12-13H2,1,3H3. The molecule has 0 saturated carbocycles. The van der Waals surface area contributed by atoms with E-state index in [0.29, 0.717) is 25.1 Å². The number of piperidine rings is 1. The number of carbonyl (C=O) groups is 2. The van der Waals surface area contributed by atoms with Gasteiger partial charge in [-0.2, -0.15) is 0 Å². The average Bonchev–Trinajstić information content (AvgIpc) is 2.52. The molecule has 1 saturated heterocycles. The molecule has 0 atom stereocenters. The van der Waals surface area contributed by atoms with E-state index in [0.717, 1.165) is 30.6 Å². The summed E-state index contributed by atoms with van der Waals surface area (Å²) in [6, 6.07) is 7.34. The van der Waals surface area contributed by atoms with E-state index in [1.54, 1.807) is 17.0 Å². The number of benzene rings is 1. The first-order valence-electron chi connectivity index (χ1n) is 7.87. The molecule has 0 radical (unpaired) electrons. The Morgan fingerprint density at radius 2 is 1.95 bits per heavy atom. The summed E-state index contributed by atoms with van der Waals surface area (Å²) >= 11 is 0. The minimum atomic E-state index is 0.00187. The van der Waals surface area contributed by atoms with Gasteiger partial charge in [0.2, 0.25) is 5.91 Å². The molecular weight excluding hydrogens is 276 g/mol. The van der Waals surface area contributed by atoms with Gasteiger partial charge in [-0.05, 0) is 51.0 Å². The third-order valence-electron chi connectivity index (χ3n) is 3.88. The second-order valence-electron chi connectivity index (χ2n) is 5.83. The molecule has 1 aliphatic heterocycles. The van der Waals surface area contributed by atoms with E-state index in [4.69, 9.17) is 0 Å². The summed E-state index contributed by atoms with van der Waals surface area (Å²) in [5, 5.41) is 0. The molecule has 1 heterocycles. The van der Waals surface area contributed by atoms with Crippen LogP contribution in [0.2, 0.25) is 0 Å². The molecule has 2 amide bonds. The SMILES string of the molecule is C=C(C)CN(CC)C(=O)c1ccc(N2CCCCC2=O)cc1. The van der Waals surface area contributed by atoms with Crippen LogP contribution in [0.25, 0.3) is 0 Å². The van der Waals surface area contributed by atoms with Crippen LogP contribution in [0.5, 0.6) is 0 Å². The van der Waals surface area contributed by atoms with Crippen molar-refractivity contribution in [2.45, 2.75) is 33.1 Å². The highest BCUT2D eigenvalue weighted by Gasteiger charge is 2.20. The van der Waals surface area contributed by atoms with Gasteiger partial charge in [-0.15, -0.1) is 0 Å². The summed E-state index contributed by atoms with van der Waals surface area (Å²) in [5.74, 6) is 0.171. The van der Waals surface area contributed by atoms with Gasteiger partial charge in [0, 0.05) is 37.3 Å². The van der Waals surface area contributed by atoms with Gasteiger partial charge in [0.05, 0.1) is 0 Å². The number of hydrogen-bond donors (Lipinski definition) is 0. The van der Waals surface area contributed by atoms with Gasteiger partial charge in [-0.3, -0.25) is 9.59 Å². The molecule has 2 rings (SSSR count). The van der Waals surface area contributed by atoms with E-state index in [9.17, 15) is 9.59 Å². The molecule has 1 aromatic rings. The Morgan fingerprint density at radius 1 is 1.27 bits per heavy atom. The van der Waals surface area contributed by atoms with Crippen LogP contribution < -0.4 is 4.90 Å². The first-order chi connectivity index (χ1) is 10.5. The Bertz CT molecular complexity index is 563. The van der Waals surface area contributed by atoms with Gasteiger partial charge in [0.25, 0.3) is 5.91 Å². The predicted molar refractivity (Wildman–Crippen MR) is 89.0 cm³/mol. The quantitative estimate of drug-likeness (QED) is 0.783. The first kappa shape index (κ1) is 16.3. The summed E-state index contributed by atoms with van der Waals surface area (Å²) in [7, 11) is 0. The summed E-state index contributed by atoms with van der Waals surface area (Å²) in [6.45, 7) is 9.73. The van der Waals surface area contributed by atoms with Crippen molar-refractivity contribution in [3.05, 3.63) is 42.0 Å². The number of anilines is 1. The highest BCUT2D eigenvalue weighted by molar-refractivity contribution is 5.97. The summed E-state index contributed by atoms with van der Waals surface area (Å²) in [5.41, 5.74) is 2.49. The van der Waals surface area contributed by atoms with Gasteiger partial charge in [0.15, 0.2) is 0 Å². The fraction of sp³-hybridized carbons (Fsp3) is 0.444. The van der Waals surface area contributed by atoms with Crippen LogP contribution in [-0.2, 0) is 4.79 Å². The number of amides is 2. The van der Waals surface area contributed by atoms with E-state index < -0.39 is 0 Å². The van der Waals surface area contributed by atoms with Crippen molar-refractivity contribution in [1.82, 2.24) is 4.90 Å². The number of nitrogens with zero attached hydrogens (tertiary/aromatic N) is 2. The Hall–Kier alpha value is -2.10. The third kappa shape index (κ3) is 3.75. The van der Waals surface area contributed by atoms with Gasteiger partial charge in [-0.1, -0.05) is 12.2 Å². The average molecular weight is 300 g/mol. The normalized spacial score (nSPS) is 14.8. The summed E-state index contributed by atoms with van der Waals surface area (Å²) in [6.07, 6.45) is 2.62. The van der Waals surface area contributed by atoms with Gasteiger partial charge in [-0.25, -0.2) is 0 Å². The van der Waals surface area contributed by atoms with Crippen molar-refractivity contribution in [2.75, 3.05) is 24.5 Å². The maximum atomic E-state index is 12.5. The lowest BCUT2D eigenvalue weighted by Crippen LogP contribution is -2.35. The second-order valence-corrected chi connectivity index (χ2v) is 5.83. The zero-order valence-electron chi connectivity index (χ0n) is 13.5. The second kappa shape index (κ2) is 7.25. The molecule has 22 heavy (non-hydrogen) atoms. The highest BCUT2D eigenvalue weighted by Crippen LogP contribution is 2.21. The van der Waals surface area contributed by atoms with Crippen LogP contribution in [0.15, 0.2) is 36.4 Å². The monoisotopic (exact) mass is 300 g/mol. The van der Waals surface area contributed by atoms with Crippen molar-refractivity contribution in [3.63, 3.8) is 0 Å². The van der Waals surface area contributed by atoms with Crippen LogP contribution in [-0.4, -0.2) is 36.3 Å². The lowest BCUT2D eigenvalue weighted by atomic mass is 10.1. The first-order valence-corrected chi connectivity index (χ1v) is 7.87. The highest BCUT2D eigenvalue weighted by atomic mass is 16.2. The van der Waals surface area contributed by atoms with Gasteiger partial charge >= 0.3 is 0 Å². The van der Waals surface area contributed by atoms with Crippen LogP contribution in [0, 0.1) is 0 Å². The Morgan fingerprint density at radius 3 is 2.50 bits per heavy atom. The lowest BCUT2D eigenvalue weighted by Gasteiger charge is -2.27. The molecule has 0 bridgehead atoms. The minimum Gasteiger partial charge on any atom is -0.335 e. The van der Waals surface area contributed by atoms with Gasteiger partial charge in [0.1, 0.15) is 0 Å². The molecule has 1 fully saturated rings.